The molecule has 5 nitrogen and oxygen atoms in total. The lowest BCUT2D eigenvalue weighted by molar-refractivity contribution is 0.0930. The van der Waals surface area contributed by atoms with Crippen molar-refractivity contribution in [2.24, 2.45) is 0 Å². The first-order chi connectivity index (χ1) is 10.6. The summed E-state index contributed by atoms with van der Waals surface area (Å²) in [5.74, 6) is -0.0487. The summed E-state index contributed by atoms with van der Waals surface area (Å²) in [6, 6.07) is 8.07. The number of rotatable bonds is 3. The molecule has 1 aliphatic heterocycles. The quantitative estimate of drug-likeness (QED) is 0.881. The van der Waals surface area contributed by atoms with Crippen LogP contribution in [0.3, 0.4) is 0 Å². The largest absolute Gasteiger partial charge is 0.348 e. The molecule has 1 aliphatic rings. The van der Waals surface area contributed by atoms with Crippen LogP contribution in [0.2, 0.25) is 0 Å². The third-order valence-electron chi connectivity index (χ3n) is 3.94. The Labute approximate surface area is 138 Å². The summed E-state index contributed by atoms with van der Waals surface area (Å²) in [5.41, 5.74) is 2.41. The summed E-state index contributed by atoms with van der Waals surface area (Å²) in [6.07, 6.45) is 3.76. The van der Waals surface area contributed by atoms with Crippen molar-refractivity contribution in [1.82, 2.24) is 20.4 Å². The Morgan fingerprint density at radius 3 is 3.09 bits per heavy atom. The summed E-state index contributed by atoms with van der Waals surface area (Å²) >= 11 is 3.46. The number of nitrogens with one attached hydrogen (secondary N) is 2. The van der Waals surface area contributed by atoms with Gasteiger partial charge in [-0.05, 0) is 44.5 Å². The molecule has 1 aromatic heterocycles. The highest BCUT2D eigenvalue weighted by atomic mass is 79.9. The van der Waals surface area contributed by atoms with Crippen LogP contribution in [0.25, 0.3) is 5.69 Å². The third-order valence-corrected chi connectivity index (χ3v) is 4.43. The van der Waals surface area contributed by atoms with Gasteiger partial charge in [0.2, 0.25) is 0 Å². The highest BCUT2D eigenvalue weighted by Crippen LogP contribution is 2.18. The van der Waals surface area contributed by atoms with E-state index < -0.39 is 0 Å². The summed E-state index contributed by atoms with van der Waals surface area (Å²) in [4.78, 5) is 12.4. The molecule has 2 aromatic rings. The van der Waals surface area contributed by atoms with Crippen molar-refractivity contribution >= 4 is 21.8 Å². The fourth-order valence-electron chi connectivity index (χ4n) is 2.74. The van der Waals surface area contributed by atoms with Crippen LogP contribution in [0.5, 0.6) is 0 Å². The maximum Gasteiger partial charge on any atom is 0.255 e. The topological polar surface area (TPSA) is 59.0 Å². The van der Waals surface area contributed by atoms with E-state index in [2.05, 4.69) is 31.7 Å². The third kappa shape index (κ3) is 3.23. The maximum absolute atomic E-state index is 12.4. The van der Waals surface area contributed by atoms with Gasteiger partial charge in [0, 0.05) is 17.1 Å². The molecule has 1 amide bonds. The number of carbonyl (C=O) groups is 1. The highest BCUT2D eigenvalue weighted by Gasteiger charge is 2.20. The molecule has 1 saturated heterocycles. The van der Waals surface area contributed by atoms with Gasteiger partial charge in [-0.2, -0.15) is 5.10 Å². The molecular weight excluding hydrogens is 344 g/mol. The first kappa shape index (κ1) is 15.2. The van der Waals surface area contributed by atoms with Gasteiger partial charge in [0.15, 0.2) is 0 Å². The van der Waals surface area contributed by atoms with E-state index in [4.69, 9.17) is 0 Å². The maximum atomic E-state index is 12.4. The number of amides is 1. The number of hydrogen-bond acceptors (Lipinski definition) is 3. The van der Waals surface area contributed by atoms with Crippen molar-refractivity contribution in [3.8, 4) is 5.69 Å². The minimum atomic E-state index is -0.0487. The fourth-order valence-corrected chi connectivity index (χ4v) is 3.13. The van der Waals surface area contributed by atoms with E-state index in [0.717, 1.165) is 41.8 Å². The molecular formula is C16H19BrN4O. The first-order valence-electron chi connectivity index (χ1n) is 7.47. The SMILES string of the molecule is Cc1c(C(=O)N[C@H]2CCCNC2)cnn1-c1cccc(Br)c1. The van der Waals surface area contributed by atoms with Gasteiger partial charge >= 0.3 is 0 Å². The van der Waals surface area contributed by atoms with E-state index in [9.17, 15) is 4.79 Å². The number of nitrogens with zero attached hydrogens (tertiary/aromatic N) is 2. The molecule has 0 unspecified atom stereocenters. The number of carbonyl (C=O) groups excluding carboxylic acids is 1. The van der Waals surface area contributed by atoms with Crippen LogP contribution in [-0.4, -0.2) is 34.8 Å². The predicted octanol–water partition coefficient (Wildman–Crippen LogP) is 2.43. The molecule has 0 aliphatic carbocycles. The zero-order valence-corrected chi connectivity index (χ0v) is 14.1. The molecule has 22 heavy (non-hydrogen) atoms. The molecule has 6 heteroatoms. The van der Waals surface area contributed by atoms with Crippen molar-refractivity contribution in [2.75, 3.05) is 13.1 Å². The fraction of sp³-hybridized carbons (Fsp3) is 0.375. The second-order valence-electron chi connectivity index (χ2n) is 5.55. The zero-order valence-electron chi connectivity index (χ0n) is 12.5. The minimum absolute atomic E-state index is 0.0487. The van der Waals surface area contributed by atoms with E-state index in [1.165, 1.54) is 0 Å². The lowest BCUT2D eigenvalue weighted by atomic mass is 10.1. The van der Waals surface area contributed by atoms with Gasteiger partial charge in [-0.3, -0.25) is 4.79 Å². The van der Waals surface area contributed by atoms with Crippen LogP contribution >= 0.6 is 15.9 Å². The second kappa shape index (κ2) is 6.62. The molecule has 2 heterocycles. The Balaban J connectivity index is 1.79. The highest BCUT2D eigenvalue weighted by molar-refractivity contribution is 9.10. The van der Waals surface area contributed by atoms with Crippen LogP contribution in [0.1, 0.15) is 28.9 Å². The summed E-state index contributed by atoms with van der Waals surface area (Å²) in [5, 5.41) is 10.8. The van der Waals surface area contributed by atoms with Crippen LogP contribution in [0, 0.1) is 6.92 Å². The van der Waals surface area contributed by atoms with Gasteiger partial charge in [-0.25, -0.2) is 4.68 Å². The molecule has 116 valence electrons. The zero-order chi connectivity index (χ0) is 15.5. The van der Waals surface area contributed by atoms with Gasteiger partial charge in [0.1, 0.15) is 0 Å². The van der Waals surface area contributed by atoms with Crippen molar-refractivity contribution in [3.63, 3.8) is 0 Å². The van der Waals surface area contributed by atoms with Gasteiger partial charge in [0.05, 0.1) is 23.1 Å². The van der Waals surface area contributed by atoms with Gasteiger partial charge in [-0.1, -0.05) is 22.0 Å². The number of halogens is 1. The molecule has 0 saturated carbocycles. The van der Waals surface area contributed by atoms with Crippen LogP contribution in [0.4, 0.5) is 0 Å². The average molecular weight is 363 g/mol. The molecule has 0 bridgehead atoms. The lowest BCUT2D eigenvalue weighted by Gasteiger charge is -2.23. The minimum Gasteiger partial charge on any atom is -0.348 e. The molecule has 1 atom stereocenters. The van der Waals surface area contributed by atoms with E-state index in [1.54, 1.807) is 10.9 Å². The summed E-state index contributed by atoms with van der Waals surface area (Å²) in [7, 11) is 0. The van der Waals surface area contributed by atoms with Crippen molar-refractivity contribution in [3.05, 3.63) is 46.2 Å². The van der Waals surface area contributed by atoms with Crippen molar-refractivity contribution in [2.45, 2.75) is 25.8 Å². The van der Waals surface area contributed by atoms with E-state index in [-0.39, 0.29) is 11.9 Å². The van der Waals surface area contributed by atoms with Gasteiger partial charge in [-0.15, -0.1) is 0 Å². The number of aromatic nitrogens is 2. The van der Waals surface area contributed by atoms with E-state index in [0.29, 0.717) is 5.56 Å². The molecule has 1 fully saturated rings. The number of hydrogen-bond donors (Lipinski definition) is 2. The second-order valence-corrected chi connectivity index (χ2v) is 6.47. The average Bonchev–Trinajstić information content (AvgIpc) is 2.90. The van der Waals surface area contributed by atoms with Crippen molar-refractivity contribution in [1.29, 1.82) is 0 Å². The number of piperidine rings is 1. The summed E-state index contributed by atoms with van der Waals surface area (Å²) in [6.45, 7) is 3.79. The number of benzene rings is 1. The molecule has 2 N–H and O–H groups in total. The Morgan fingerprint density at radius 2 is 2.36 bits per heavy atom. The van der Waals surface area contributed by atoms with Crippen LogP contribution < -0.4 is 10.6 Å². The predicted molar refractivity (Wildman–Crippen MR) is 89.4 cm³/mol. The molecule has 1 aromatic carbocycles. The van der Waals surface area contributed by atoms with Gasteiger partial charge < -0.3 is 10.6 Å². The Kier molecular flexibility index (Phi) is 4.59. The Hall–Kier alpha value is -1.66. The normalized spacial score (nSPS) is 18.2. The van der Waals surface area contributed by atoms with E-state index >= 15 is 0 Å². The smallest absolute Gasteiger partial charge is 0.255 e. The van der Waals surface area contributed by atoms with Gasteiger partial charge in [0.25, 0.3) is 5.91 Å². The standard InChI is InChI=1S/C16H19BrN4O/c1-11-15(16(22)20-13-5-3-7-18-9-13)10-19-21(11)14-6-2-4-12(17)8-14/h2,4,6,8,10,13,18H,3,5,7,9H2,1H3,(H,20,22)/t13-/m0/s1. The lowest BCUT2D eigenvalue weighted by Crippen LogP contribution is -2.45. The Bertz CT molecular complexity index is 677. The summed E-state index contributed by atoms with van der Waals surface area (Å²) < 4.78 is 2.78. The first-order valence-corrected chi connectivity index (χ1v) is 8.26. The van der Waals surface area contributed by atoms with Crippen LogP contribution in [-0.2, 0) is 0 Å². The molecule has 0 radical (unpaired) electrons. The van der Waals surface area contributed by atoms with Crippen molar-refractivity contribution < 1.29 is 4.79 Å². The Morgan fingerprint density at radius 1 is 1.50 bits per heavy atom. The van der Waals surface area contributed by atoms with E-state index in [1.807, 2.05) is 31.2 Å². The molecule has 3 rings (SSSR count). The monoisotopic (exact) mass is 362 g/mol. The van der Waals surface area contributed by atoms with Crippen LogP contribution in [0.15, 0.2) is 34.9 Å². The molecule has 0 spiro atoms.